The van der Waals surface area contributed by atoms with Gasteiger partial charge in [0.25, 0.3) is 0 Å². The highest BCUT2D eigenvalue weighted by molar-refractivity contribution is 5.83. The first kappa shape index (κ1) is 20.2. The molecule has 5 nitrogen and oxygen atoms in total. The summed E-state index contributed by atoms with van der Waals surface area (Å²) in [6.45, 7) is 5.12. The van der Waals surface area contributed by atoms with Gasteiger partial charge in [-0.25, -0.2) is 0 Å². The van der Waals surface area contributed by atoms with E-state index in [0.717, 1.165) is 43.6 Å². The largest absolute Gasteiger partial charge is 0.356 e. The Morgan fingerprint density at radius 3 is 2.53 bits per heavy atom. The number of nitrogens with one attached hydrogen (secondary N) is 1. The van der Waals surface area contributed by atoms with E-state index in [-0.39, 0.29) is 5.91 Å². The molecule has 1 N–H and O–H groups in total. The van der Waals surface area contributed by atoms with Gasteiger partial charge >= 0.3 is 0 Å². The molecule has 1 aliphatic heterocycles. The van der Waals surface area contributed by atoms with Crippen molar-refractivity contribution >= 4 is 5.91 Å². The van der Waals surface area contributed by atoms with E-state index in [4.69, 9.17) is 0 Å². The van der Waals surface area contributed by atoms with Crippen LogP contribution >= 0.6 is 0 Å². The molecule has 0 aliphatic carbocycles. The van der Waals surface area contributed by atoms with E-state index >= 15 is 0 Å². The lowest BCUT2D eigenvalue weighted by Crippen LogP contribution is -2.44. The van der Waals surface area contributed by atoms with Crippen LogP contribution in [0.15, 0.2) is 73.3 Å². The SMILES string of the molecule is CCNC(=O)[C@@]1(Cc2cccc(-c3cccnc3)c2)CCN(Cc2cccnc2)C1. The summed E-state index contributed by atoms with van der Waals surface area (Å²) in [5.74, 6) is 0.158. The van der Waals surface area contributed by atoms with Crippen molar-refractivity contribution in [1.82, 2.24) is 20.2 Å². The summed E-state index contributed by atoms with van der Waals surface area (Å²) in [6.07, 6.45) is 8.95. The van der Waals surface area contributed by atoms with Gasteiger partial charge in [0.05, 0.1) is 5.41 Å². The van der Waals surface area contributed by atoms with E-state index in [1.807, 2.05) is 31.5 Å². The van der Waals surface area contributed by atoms with Crippen LogP contribution in [0.3, 0.4) is 0 Å². The van der Waals surface area contributed by atoms with E-state index in [9.17, 15) is 4.79 Å². The molecule has 3 heterocycles. The Hall–Kier alpha value is -3.05. The molecule has 1 aliphatic rings. The van der Waals surface area contributed by atoms with Gasteiger partial charge in [0.2, 0.25) is 5.91 Å². The number of nitrogens with zero attached hydrogens (tertiary/aromatic N) is 3. The third-order valence-corrected chi connectivity index (χ3v) is 5.85. The minimum atomic E-state index is -0.411. The molecule has 0 bridgehead atoms. The van der Waals surface area contributed by atoms with Gasteiger partial charge in [0.15, 0.2) is 0 Å². The van der Waals surface area contributed by atoms with Gasteiger partial charge in [-0.05, 0) is 60.7 Å². The number of hydrogen-bond acceptors (Lipinski definition) is 4. The molecular weight excluding hydrogens is 372 g/mol. The topological polar surface area (TPSA) is 58.1 Å². The minimum absolute atomic E-state index is 0.158. The van der Waals surface area contributed by atoms with Crippen molar-refractivity contribution in [3.63, 3.8) is 0 Å². The Balaban J connectivity index is 1.56. The van der Waals surface area contributed by atoms with Gasteiger partial charge in [0, 0.05) is 44.4 Å². The normalized spacial score (nSPS) is 19.0. The van der Waals surface area contributed by atoms with Gasteiger partial charge < -0.3 is 5.32 Å². The molecular formula is C25H28N4O. The average Bonchev–Trinajstić information content (AvgIpc) is 3.19. The molecule has 5 heteroatoms. The molecule has 154 valence electrons. The fourth-order valence-corrected chi connectivity index (χ4v) is 4.39. The van der Waals surface area contributed by atoms with Gasteiger partial charge in [-0.3, -0.25) is 19.7 Å². The van der Waals surface area contributed by atoms with E-state index in [1.54, 1.807) is 12.4 Å². The molecule has 30 heavy (non-hydrogen) atoms. The number of hydrogen-bond donors (Lipinski definition) is 1. The van der Waals surface area contributed by atoms with Crippen LogP contribution in [0.5, 0.6) is 0 Å². The molecule has 1 aromatic carbocycles. The molecule has 1 atom stereocenters. The number of likely N-dealkylation sites (tertiary alicyclic amines) is 1. The summed E-state index contributed by atoms with van der Waals surface area (Å²) in [5, 5.41) is 3.09. The van der Waals surface area contributed by atoms with Crippen molar-refractivity contribution < 1.29 is 4.79 Å². The number of pyridine rings is 2. The summed E-state index contributed by atoms with van der Waals surface area (Å²) in [4.78, 5) is 24.0. The first-order valence-electron chi connectivity index (χ1n) is 10.6. The van der Waals surface area contributed by atoms with Gasteiger partial charge in [0.1, 0.15) is 0 Å². The Bertz CT molecular complexity index is 977. The van der Waals surface area contributed by atoms with Crippen molar-refractivity contribution in [2.24, 2.45) is 5.41 Å². The molecule has 2 aromatic heterocycles. The van der Waals surface area contributed by atoms with Crippen LogP contribution in [0, 0.1) is 5.41 Å². The number of carbonyl (C=O) groups excluding carboxylic acids is 1. The van der Waals surface area contributed by atoms with Crippen molar-refractivity contribution in [2.75, 3.05) is 19.6 Å². The standard InChI is InChI=1S/C25H28N4O/c1-2-28-24(30)25(10-13-29(19-25)18-21-7-4-11-26-16-21)15-20-6-3-8-22(14-20)23-9-5-12-27-17-23/h3-9,11-12,14,16-17H,2,10,13,15,18-19H2,1H3,(H,28,30)/t25-/m1/s1. The maximum atomic E-state index is 13.2. The average molecular weight is 401 g/mol. The van der Waals surface area contributed by atoms with Crippen molar-refractivity contribution in [3.05, 3.63) is 84.4 Å². The fraction of sp³-hybridized carbons (Fsp3) is 0.320. The lowest BCUT2D eigenvalue weighted by molar-refractivity contribution is -0.130. The van der Waals surface area contributed by atoms with Crippen LogP contribution in [-0.4, -0.2) is 40.4 Å². The van der Waals surface area contributed by atoms with Crippen molar-refractivity contribution in [1.29, 1.82) is 0 Å². The van der Waals surface area contributed by atoms with Gasteiger partial charge in [-0.15, -0.1) is 0 Å². The maximum Gasteiger partial charge on any atom is 0.227 e. The highest BCUT2D eigenvalue weighted by Crippen LogP contribution is 2.36. The predicted molar refractivity (Wildman–Crippen MR) is 119 cm³/mol. The molecule has 3 aromatic rings. The summed E-state index contributed by atoms with van der Waals surface area (Å²) >= 11 is 0. The second kappa shape index (κ2) is 9.18. The third kappa shape index (κ3) is 4.57. The molecule has 0 spiro atoms. The molecule has 4 rings (SSSR count). The molecule has 1 saturated heterocycles. The maximum absolute atomic E-state index is 13.2. The van der Waals surface area contributed by atoms with Crippen LogP contribution in [-0.2, 0) is 17.8 Å². The summed E-state index contributed by atoms with van der Waals surface area (Å²) < 4.78 is 0. The number of rotatable bonds is 7. The quantitative estimate of drug-likeness (QED) is 0.657. The number of aromatic nitrogens is 2. The summed E-state index contributed by atoms with van der Waals surface area (Å²) in [5.41, 5.74) is 4.19. The van der Waals surface area contributed by atoms with Gasteiger partial charge in [-0.1, -0.05) is 36.4 Å². The number of amides is 1. The van der Waals surface area contributed by atoms with E-state index < -0.39 is 5.41 Å². The van der Waals surface area contributed by atoms with Crippen LogP contribution in [0.25, 0.3) is 11.1 Å². The zero-order valence-corrected chi connectivity index (χ0v) is 17.4. The monoisotopic (exact) mass is 400 g/mol. The zero-order valence-electron chi connectivity index (χ0n) is 17.4. The van der Waals surface area contributed by atoms with E-state index in [2.05, 4.69) is 56.6 Å². The minimum Gasteiger partial charge on any atom is -0.356 e. The molecule has 1 fully saturated rings. The molecule has 0 unspecified atom stereocenters. The Labute approximate surface area is 178 Å². The van der Waals surface area contributed by atoms with Gasteiger partial charge in [-0.2, -0.15) is 0 Å². The zero-order chi connectivity index (χ0) is 20.8. The van der Waals surface area contributed by atoms with Crippen LogP contribution in [0.1, 0.15) is 24.5 Å². The van der Waals surface area contributed by atoms with Crippen molar-refractivity contribution in [3.8, 4) is 11.1 Å². The molecule has 1 amide bonds. The third-order valence-electron chi connectivity index (χ3n) is 5.85. The predicted octanol–water partition coefficient (Wildman–Crippen LogP) is 3.71. The second-order valence-corrected chi connectivity index (χ2v) is 8.08. The Kier molecular flexibility index (Phi) is 6.19. The summed E-state index contributed by atoms with van der Waals surface area (Å²) in [6, 6.07) is 16.6. The second-order valence-electron chi connectivity index (χ2n) is 8.08. The number of benzene rings is 1. The Morgan fingerprint density at radius 1 is 1.03 bits per heavy atom. The van der Waals surface area contributed by atoms with Crippen LogP contribution in [0.2, 0.25) is 0 Å². The first-order valence-corrected chi connectivity index (χ1v) is 10.6. The lowest BCUT2D eigenvalue weighted by atomic mass is 9.79. The van der Waals surface area contributed by atoms with Crippen LogP contribution in [0.4, 0.5) is 0 Å². The van der Waals surface area contributed by atoms with E-state index in [1.165, 1.54) is 11.1 Å². The van der Waals surface area contributed by atoms with E-state index in [0.29, 0.717) is 6.54 Å². The lowest BCUT2D eigenvalue weighted by Gasteiger charge is -2.28. The fourth-order valence-electron chi connectivity index (χ4n) is 4.39. The first-order chi connectivity index (χ1) is 14.7. The molecule has 0 saturated carbocycles. The summed E-state index contributed by atoms with van der Waals surface area (Å²) in [7, 11) is 0. The highest BCUT2D eigenvalue weighted by atomic mass is 16.2. The highest BCUT2D eigenvalue weighted by Gasteiger charge is 2.44. The smallest absolute Gasteiger partial charge is 0.227 e. The molecule has 0 radical (unpaired) electrons. The van der Waals surface area contributed by atoms with Crippen molar-refractivity contribution in [2.45, 2.75) is 26.3 Å². The Morgan fingerprint density at radius 2 is 1.80 bits per heavy atom. The number of carbonyl (C=O) groups is 1. The van der Waals surface area contributed by atoms with Crippen LogP contribution < -0.4 is 5.32 Å².